The second-order valence-corrected chi connectivity index (χ2v) is 6.24. The Hall–Kier alpha value is -2.54. The van der Waals surface area contributed by atoms with Gasteiger partial charge in [-0.3, -0.25) is 4.79 Å². The molecule has 7 heteroatoms. The normalized spacial score (nSPS) is 12.0. The van der Waals surface area contributed by atoms with Gasteiger partial charge in [0.25, 0.3) is 0 Å². The number of nitrogens with zero attached hydrogens (tertiary/aromatic N) is 3. The number of aromatic nitrogens is 3. The van der Waals surface area contributed by atoms with Crippen molar-refractivity contribution >= 4 is 23.4 Å². The topological polar surface area (TPSA) is 73.0 Å². The third-order valence-electron chi connectivity index (χ3n) is 3.18. The van der Waals surface area contributed by atoms with Crippen molar-refractivity contribution in [1.82, 2.24) is 14.8 Å². The Balaban J connectivity index is 1.62. The molecule has 1 atom stereocenters. The minimum Gasteiger partial charge on any atom is -0.467 e. The number of hydrogen-bond acceptors (Lipinski definition) is 5. The van der Waals surface area contributed by atoms with Crippen LogP contribution in [0.4, 0.5) is 5.69 Å². The summed E-state index contributed by atoms with van der Waals surface area (Å²) in [5, 5.41) is 11.3. The molecule has 0 aliphatic rings. The van der Waals surface area contributed by atoms with Crippen molar-refractivity contribution in [2.45, 2.75) is 23.9 Å². The molecule has 6 nitrogen and oxygen atoms in total. The Bertz CT molecular complexity index is 756. The summed E-state index contributed by atoms with van der Waals surface area (Å²) in [4.78, 5) is 12.3. The lowest BCUT2D eigenvalue weighted by Gasteiger charge is -2.12. The van der Waals surface area contributed by atoms with E-state index < -0.39 is 0 Å². The number of carbonyl (C=O) groups excluding carboxylic acids is 1. The van der Waals surface area contributed by atoms with Crippen molar-refractivity contribution < 1.29 is 9.21 Å². The Morgan fingerprint density at radius 3 is 2.87 bits per heavy atom. The Labute approximate surface area is 137 Å². The number of anilines is 1. The van der Waals surface area contributed by atoms with Crippen LogP contribution in [0.15, 0.2) is 64.6 Å². The highest BCUT2D eigenvalue weighted by Gasteiger charge is 2.18. The minimum absolute atomic E-state index is 0.0752. The van der Waals surface area contributed by atoms with E-state index in [-0.39, 0.29) is 11.2 Å². The molecule has 1 aromatic carbocycles. The zero-order valence-electron chi connectivity index (χ0n) is 12.5. The molecule has 3 rings (SSSR count). The molecule has 3 aromatic rings. The fourth-order valence-electron chi connectivity index (χ4n) is 1.99. The van der Waals surface area contributed by atoms with Crippen LogP contribution >= 0.6 is 11.8 Å². The van der Waals surface area contributed by atoms with Crippen LogP contribution in [0.3, 0.4) is 0 Å². The summed E-state index contributed by atoms with van der Waals surface area (Å²) in [5.41, 5.74) is 0.780. The molecule has 0 radical (unpaired) electrons. The number of amides is 1. The average molecular weight is 328 g/mol. The third kappa shape index (κ3) is 4.01. The molecule has 0 saturated carbocycles. The fraction of sp³-hybridized carbons (Fsp3) is 0.188. The van der Waals surface area contributed by atoms with Gasteiger partial charge in [-0.05, 0) is 31.2 Å². The molecular formula is C16H16N4O2S. The summed E-state index contributed by atoms with van der Waals surface area (Å²) in [5.74, 6) is 0.738. The number of benzene rings is 1. The molecule has 0 unspecified atom stereocenters. The van der Waals surface area contributed by atoms with Gasteiger partial charge in [0.15, 0.2) is 5.16 Å². The van der Waals surface area contributed by atoms with Gasteiger partial charge in [-0.15, -0.1) is 10.2 Å². The van der Waals surface area contributed by atoms with E-state index in [0.29, 0.717) is 11.7 Å². The fourth-order valence-corrected chi connectivity index (χ4v) is 2.82. The molecule has 0 aliphatic carbocycles. The van der Waals surface area contributed by atoms with Crippen LogP contribution in [0.25, 0.3) is 0 Å². The number of rotatable bonds is 6. The summed E-state index contributed by atoms with van der Waals surface area (Å²) in [6.07, 6.45) is 3.26. The Kier molecular flexibility index (Phi) is 4.77. The maximum atomic E-state index is 12.3. The number of nitrogens with one attached hydrogen (secondary N) is 1. The number of furan rings is 1. The molecular weight excluding hydrogens is 312 g/mol. The molecule has 1 amide bonds. The maximum absolute atomic E-state index is 12.3. The highest BCUT2D eigenvalue weighted by molar-refractivity contribution is 8.00. The molecule has 118 valence electrons. The van der Waals surface area contributed by atoms with Crippen LogP contribution in [-0.4, -0.2) is 25.9 Å². The highest BCUT2D eigenvalue weighted by Crippen LogP contribution is 2.23. The molecule has 2 heterocycles. The molecule has 23 heavy (non-hydrogen) atoms. The monoisotopic (exact) mass is 328 g/mol. The third-order valence-corrected chi connectivity index (χ3v) is 4.27. The lowest BCUT2D eigenvalue weighted by Crippen LogP contribution is -2.22. The van der Waals surface area contributed by atoms with Crippen LogP contribution in [0.1, 0.15) is 12.7 Å². The highest BCUT2D eigenvalue weighted by atomic mass is 32.2. The smallest absolute Gasteiger partial charge is 0.237 e. The van der Waals surface area contributed by atoms with Gasteiger partial charge in [0.05, 0.1) is 18.1 Å². The Morgan fingerprint density at radius 1 is 1.30 bits per heavy atom. The molecule has 1 N–H and O–H groups in total. The molecule has 0 fully saturated rings. The van der Waals surface area contributed by atoms with Crippen molar-refractivity contribution in [2.24, 2.45) is 0 Å². The van der Waals surface area contributed by atoms with Gasteiger partial charge in [0.2, 0.25) is 5.91 Å². The maximum Gasteiger partial charge on any atom is 0.237 e. The van der Waals surface area contributed by atoms with Gasteiger partial charge in [0, 0.05) is 5.69 Å². The van der Waals surface area contributed by atoms with Crippen LogP contribution < -0.4 is 5.32 Å². The SMILES string of the molecule is C[C@H](Sc1nncn1Cc1ccco1)C(=O)Nc1ccccc1. The summed E-state index contributed by atoms with van der Waals surface area (Å²) >= 11 is 1.36. The van der Waals surface area contributed by atoms with E-state index in [9.17, 15) is 4.79 Å². The van der Waals surface area contributed by atoms with E-state index in [2.05, 4.69) is 15.5 Å². The molecule has 0 bridgehead atoms. The predicted octanol–water partition coefficient (Wildman–Crippen LogP) is 3.04. The lowest BCUT2D eigenvalue weighted by molar-refractivity contribution is -0.115. The van der Waals surface area contributed by atoms with Crippen molar-refractivity contribution in [1.29, 1.82) is 0 Å². The first-order chi connectivity index (χ1) is 11.2. The molecule has 0 saturated heterocycles. The second kappa shape index (κ2) is 7.15. The first-order valence-corrected chi connectivity index (χ1v) is 8.03. The van der Waals surface area contributed by atoms with E-state index >= 15 is 0 Å². The number of thioether (sulfide) groups is 1. The summed E-state index contributed by atoms with van der Waals surface area (Å²) in [7, 11) is 0. The Morgan fingerprint density at radius 2 is 2.13 bits per heavy atom. The van der Waals surface area contributed by atoms with Crippen molar-refractivity contribution in [3.63, 3.8) is 0 Å². The summed E-state index contributed by atoms with van der Waals surface area (Å²) < 4.78 is 7.19. The first-order valence-electron chi connectivity index (χ1n) is 7.15. The van der Waals surface area contributed by atoms with Crippen molar-refractivity contribution in [3.8, 4) is 0 Å². The van der Waals surface area contributed by atoms with E-state index in [1.807, 2.05) is 54.0 Å². The van der Waals surface area contributed by atoms with Gasteiger partial charge >= 0.3 is 0 Å². The van der Waals surface area contributed by atoms with Gasteiger partial charge in [-0.1, -0.05) is 30.0 Å². The van der Waals surface area contributed by atoms with Crippen LogP contribution in [-0.2, 0) is 11.3 Å². The summed E-state index contributed by atoms with van der Waals surface area (Å²) in [6, 6.07) is 13.1. The van der Waals surface area contributed by atoms with Crippen LogP contribution in [0.5, 0.6) is 0 Å². The minimum atomic E-state index is -0.297. The van der Waals surface area contributed by atoms with E-state index in [1.165, 1.54) is 11.8 Å². The summed E-state index contributed by atoms with van der Waals surface area (Å²) in [6.45, 7) is 2.38. The number of hydrogen-bond donors (Lipinski definition) is 1. The van der Waals surface area contributed by atoms with E-state index in [1.54, 1.807) is 12.6 Å². The molecule has 2 aromatic heterocycles. The second-order valence-electron chi connectivity index (χ2n) is 4.94. The molecule has 0 aliphatic heterocycles. The van der Waals surface area contributed by atoms with E-state index in [4.69, 9.17) is 4.42 Å². The zero-order chi connectivity index (χ0) is 16.1. The standard InChI is InChI=1S/C16H16N4O2S/c1-12(15(21)18-13-6-3-2-4-7-13)23-16-19-17-11-20(16)10-14-8-5-9-22-14/h2-9,11-12H,10H2,1H3,(H,18,21)/t12-/m0/s1. The van der Waals surface area contributed by atoms with Crippen LogP contribution in [0, 0.1) is 0 Å². The lowest BCUT2D eigenvalue weighted by atomic mass is 10.3. The number of carbonyl (C=O) groups is 1. The first kappa shape index (κ1) is 15.4. The van der Waals surface area contributed by atoms with Crippen molar-refractivity contribution in [2.75, 3.05) is 5.32 Å². The largest absolute Gasteiger partial charge is 0.467 e. The number of para-hydroxylation sites is 1. The van der Waals surface area contributed by atoms with Crippen LogP contribution in [0.2, 0.25) is 0 Å². The van der Waals surface area contributed by atoms with Gasteiger partial charge in [0.1, 0.15) is 12.1 Å². The van der Waals surface area contributed by atoms with Gasteiger partial charge in [-0.2, -0.15) is 0 Å². The quantitative estimate of drug-likeness (QED) is 0.704. The molecule has 0 spiro atoms. The predicted molar refractivity (Wildman–Crippen MR) is 88.2 cm³/mol. The average Bonchev–Trinajstić information content (AvgIpc) is 3.21. The van der Waals surface area contributed by atoms with Gasteiger partial charge < -0.3 is 14.3 Å². The zero-order valence-corrected chi connectivity index (χ0v) is 13.4. The van der Waals surface area contributed by atoms with E-state index in [0.717, 1.165) is 11.4 Å². The van der Waals surface area contributed by atoms with Gasteiger partial charge in [-0.25, -0.2) is 0 Å². The van der Waals surface area contributed by atoms with Crippen molar-refractivity contribution in [3.05, 3.63) is 60.8 Å².